The Morgan fingerprint density at radius 2 is 2.33 bits per heavy atom. The van der Waals surface area contributed by atoms with Crippen LogP contribution in [0.1, 0.15) is 19.3 Å². The van der Waals surface area contributed by atoms with E-state index in [2.05, 4.69) is 10.6 Å². The first-order valence-corrected chi connectivity index (χ1v) is 4.36. The molecule has 4 nitrogen and oxygen atoms in total. The predicted molar refractivity (Wildman–Crippen MR) is 62.4 cm³/mol. The summed E-state index contributed by atoms with van der Waals surface area (Å²) in [5.41, 5.74) is 0.280. The summed E-state index contributed by atoms with van der Waals surface area (Å²) in [6.45, 7) is -0.585. The van der Waals surface area contributed by atoms with Gasteiger partial charge in [0.2, 0.25) is 0 Å². The first kappa shape index (κ1) is 5.90. The summed E-state index contributed by atoms with van der Waals surface area (Å²) in [5, 5.41) is 19.2. The van der Waals surface area contributed by atoms with Gasteiger partial charge in [0.25, 0.3) is 0 Å². The van der Waals surface area contributed by atoms with Crippen LogP contribution in [0.2, 0.25) is 0 Å². The first-order chi connectivity index (χ1) is 9.10. The van der Waals surface area contributed by atoms with E-state index in [-0.39, 0.29) is 41.9 Å². The van der Waals surface area contributed by atoms with Gasteiger partial charge in [0.1, 0.15) is 0 Å². The average Bonchev–Trinajstić information content (AvgIpc) is 2.23. The van der Waals surface area contributed by atoms with Crippen LogP contribution in [0.25, 0.3) is 0 Å². The predicted octanol–water partition coefficient (Wildman–Crippen LogP) is 1.34. The van der Waals surface area contributed by atoms with Crippen LogP contribution in [0, 0.1) is 10.8 Å². The Morgan fingerprint density at radius 1 is 1.53 bits per heavy atom. The second-order valence-electron chi connectivity index (χ2n) is 2.85. The maximum Gasteiger partial charge on any atom is 0.193 e. The van der Waals surface area contributed by atoms with Crippen molar-refractivity contribution in [3.05, 3.63) is 35.8 Å². The van der Waals surface area contributed by atoms with Crippen molar-refractivity contribution < 1.29 is 6.85 Å². The normalized spacial score (nSPS) is 15.1. The molecule has 0 bridgehead atoms. The van der Waals surface area contributed by atoms with Crippen molar-refractivity contribution >= 4 is 11.8 Å². The number of aryl methyl sites for hydroxylation is 1. The minimum Gasteiger partial charge on any atom is -0.356 e. The lowest BCUT2D eigenvalue weighted by Gasteiger charge is -2.08. The number of rotatable bonds is 3. The Bertz CT molecular complexity index is 544. The molecule has 4 heteroatoms. The van der Waals surface area contributed by atoms with E-state index in [4.69, 9.17) is 17.7 Å². The molecule has 0 unspecified atom stereocenters. The summed E-state index contributed by atoms with van der Waals surface area (Å²) in [4.78, 5) is 0. The Kier molecular flexibility index (Phi) is 2.28. The van der Waals surface area contributed by atoms with Crippen molar-refractivity contribution in [2.75, 3.05) is 6.50 Å². The summed E-state index contributed by atoms with van der Waals surface area (Å²) >= 11 is 0. The highest BCUT2D eigenvalue weighted by atomic mass is 15.1. The molecular formula is C11H16N4. The van der Waals surface area contributed by atoms with Gasteiger partial charge in [0, 0.05) is 9.24 Å². The number of benzene rings is 1. The van der Waals surface area contributed by atoms with E-state index in [1.165, 1.54) is 19.1 Å². The molecule has 0 fully saturated rings. The lowest BCUT2D eigenvalue weighted by molar-refractivity contribution is 0.842. The summed E-state index contributed by atoms with van der Waals surface area (Å²) in [6.07, 6.45) is -0.223. The quantitative estimate of drug-likeness (QED) is 0.448. The van der Waals surface area contributed by atoms with Crippen LogP contribution in [0.4, 0.5) is 0 Å². The monoisotopic (exact) mass is 209 g/mol. The van der Waals surface area contributed by atoms with Gasteiger partial charge >= 0.3 is 0 Å². The highest BCUT2D eigenvalue weighted by Crippen LogP contribution is 1.97. The molecule has 0 aliphatic heterocycles. The first-order valence-electron chi connectivity index (χ1n) is 6.86. The fourth-order valence-electron chi connectivity index (χ4n) is 0.890. The van der Waals surface area contributed by atoms with Gasteiger partial charge in [-0.1, -0.05) is 30.3 Å². The molecule has 0 radical (unpaired) electrons. The number of guanidine groups is 1. The lowest BCUT2D eigenvalue weighted by Crippen LogP contribution is -2.39. The summed E-state index contributed by atoms with van der Waals surface area (Å²) in [6, 6.07) is 2.30. The zero-order valence-electron chi connectivity index (χ0n) is 13.4. The van der Waals surface area contributed by atoms with Crippen molar-refractivity contribution in [2.24, 2.45) is 0 Å². The smallest absolute Gasteiger partial charge is 0.193 e. The minimum absolute atomic E-state index is 0.00600. The molecule has 1 aromatic rings. The molecule has 0 saturated heterocycles. The molecule has 1 aromatic carbocycles. The molecule has 0 aliphatic rings. The number of nitrogens with one attached hydrogen (secondary N) is 4. The number of hydrogen-bond acceptors (Lipinski definition) is 2. The van der Waals surface area contributed by atoms with Gasteiger partial charge in [-0.15, -0.1) is 0 Å². The van der Waals surface area contributed by atoms with E-state index in [1.807, 2.05) is 0 Å². The van der Waals surface area contributed by atoms with Gasteiger partial charge in [-0.05, 0) is 18.9 Å². The molecule has 80 valence electrons. The molecule has 0 amide bonds. The molecule has 0 atom stereocenters. The largest absolute Gasteiger partial charge is 0.356 e. The van der Waals surface area contributed by atoms with Crippen molar-refractivity contribution in [2.45, 2.75) is 13.3 Å². The van der Waals surface area contributed by atoms with Gasteiger partial charge in [-0.2, -0.15) is 0 Å². The van der Waals surface area contributed by atoms with Crippen molar-refractivity contribution in [1.29, 1.82) is 10.8 Å². The third-order valence-corrected chi connectivity index (χ3v) is 1.46. The van der Waals surface area contributed by atoms with E-state index < -0.39 is 6.50 Å². The fraction of sp³-hybridized carbons (Fsp3) is 0.273. The average molecular weight is 209 g/mol. The minimum atomic E-state index is -2.01. The third-order valence-electron chi connectivity index (χ3n) is 1.46. The van der Waals surface area contributed by atoms with E-state index >= 15 is 0 Å². The number of amidine groups is 1. The van der Waals surface area contributed by atoms with E-state index in [0.717, 1.165) is 0 Å². The summed E-state index contributed by atoms with van der Waals surface area (Å²) < 4.78 is 38.1. The second kappa shape index (κ2) is 5.80. The molecule has 1 rings (SSSR count). The zero-order chi connectivity index (χ0) is 15.5. The van der Waals surface area contributed by atoms with Crippen LogP contribution in [-0.4, -0.2) is 18.3 Å². The second-order valence-corrected chi connectivity index (χ2v) is 2.85. The van der Waals surface area contributed by atoms with E-state index in [1.54, 1.807) is 0 Å². The molecule has 0 spiro atoms. The maximum absolute atomic E-state index is 7.77. The molecule has 0 aromatic heterocycles. The fourth-order valence-corrected chi connectivity index (χ4v) is 0.890. The Balaban J connectivity index is 2.83. The van der Waals surface area contributed by atoms with Crippen LogP contribution < -0.4 is 10.6 Å². The lowest BCUT2D eigenvalue weighted by atomic mass is 10.1. The molecule has 4 N–H and O–H groups in total. The van der Waals surface area contributed by atoms with E-state index in [0.29, 0.717) is 0 Å². The van der Waals surface area contributed by atoms with Crippen LogP contribution in [-0.2, 0) is 6.42 Å². The molecule has 0 aliphatic carbocycles. The Hall–Kier alpha value is -1.84. The van der Waals surface area contributed by atoms with Gasteiger partial charge in [0.15, 0.2) is 5.96 Å². The zero-order valence-corrected chi connectivity index (χ0v) is 8.36. The summed E-state index contributed by atoms with van der Waals surface area (Å²) in [5.74, 6) is -0.344. The maximum atomic E-state index is 7.77. The Labute approximate surface area is 96.8 Å². The van der Waals surface area contributed by atoms with Gasteiger partial charge in [0.05, 0.1) is 9.95 Å². The van der Waals surface area contributed by atoms with Crippen molar-refractivity contribution in [3.63, 3.8) is 0 Å². The third kappa shape index (κ3) is 4.81. The molecule has 0 heterocycles. The van der Waals surface area contributed by atoms with Crippen LogP contribution >= 0.6 is 0 Å². The molecule has 15 heavy (non-hydrogen) atoms. The van der Waals surface area contributed by atoms with Crippen LogP contribution in [0.15, 0.2) is 30.3 Å². The van der Waals surface area contributed by atoms with Crippen molar-refractivity contribution in [3.8, 4) is 0 Å². The SMILES string of the molecule is [2H]c1cc([2H])c(CC([2H])([2H])NC(=N)NC(C)=N)cc1[2H]. The summed E-state index contributed by atoms with van der Waals surface area (Å²) in [7, 11) is 0. The van der Waals surface area contributed by atoms with Crippen LogP contribution in [0.5, 0.6) is 0 Å². The van der Waals surface area contributed by atoms with Gasteiger partial charge in [-0.25, -0.2) is 0 Å². The van der Waals surface area contributed by atoms with Gasteiger partial charge < -0.3 is 10.6 Å². The topological polar surface area (TPSA) is 71.8 Å². The van der Waals surface area contributed by atoms with E-state index in [9.17, 15) is 0 Å². The standard InChI is InChI=1S/C11H16N4/c1-9(12)15-11(13)14-8-7-10-5-3-2-4-6-10/h2-6H,7-8H2,1H3,(H4,12,13,14,15)/i2D,3D,6D,8D2. The highest BCUT2D eigenvalue weighted by Gasteiger charge is 1.95. The highest BCUT2D eigenvalue weighted by molar-refractivity contribution is 5.95. The number of hydrogen-bond donors (Lipinski definition) is 4. The molecule has 0 saturated carbocycles. The van der Waals surface area contributed by atoms with Crippen molar-refractivity contribution in [1.82, 2.24) is 10.6 Å². The Morgan fingerprint density at radius 3 is 3.07 bits per heavy atom. The van der Waals surface area contributed by atoms with Gasteiger partial charge in [-0.3, -0.25) is 10.8 Å². The van der Waals surface area contributed by atoms with Crippen LogP contribution in [0.3, 0.4) is 0 Å². The molecular weight excluding hydrogens is 188 g/mol.